The lowest BCUT2D eigenvalue weighted by molar-refractivity contribution is -0.0352. The molecule has 8 nitrogen and oxygen atoms in total. The number of nitrogens with zero attached hydrogens (tertiary/aromatic N) is 5. The maximum absolute atomic E-state index is 6.00. The summed E-state index contributed by atoms with van der Waals surface area (Å²) >= 11 is 1.64. The smallest absolute Gasteiger partial charge is 0.253 e. The fourth-order valence-corrected chi connectivity index (χ4v) is 4.38. The van der Waals surface area contributed by atoms with Gasteiger partial charge in [0.15, 0.2) is 0 Å². The second-order valence-corrected chi connectivity index (χ2v) is 8.14. The van der Waals surface area contributed by atoms with Gasteiger partial charge in [-0.05, 0) is 13.8 Å². The van der Waals surface area contributed by atoms with Gasteiger partial charge in [-0.15, -0.1) is 21.5 Å². The van der Waals surface area contributed by atoms with Crippen LogP contribution in [0.5, 0.6) is 0 Å². The van der Waals surface area contributed by atoms with Crippen LogP contribution in [0.3, 0.4) is 0 Å². The second-order valence-electron chi connectivity index (χ2n) is 7.25. The Labute approximate surface area is 177 Å². The number of rotatable bonds is 5. The lowest BCUT2D eigenvalue weighted by atomic mass is 10.1. The van der Waals surface area contributed by atoms with Gasteiger partial charge in [0.2, 0.25) is 5.89 Å². The first-order valence-electron chi connectivity index (χ1n) is 9.78. The van der Waals surface area contributed by atoms with Crippen molar-refractivity contribution in [3.05, 3.63) is 58.1 Å². The van der Waals surface area contributed by atoms with E-state index in [1.807, 2.05) is 49.6 Å². The van der Waals surface area contributed by atoms with Crippen molar-refractivity contribution in [3.63, 3.8) is 0 Å². The molecule has 5 rings (SSSR count). The molecule has 1 fully saturated rings. The molecule has 9 heteroatoms. The number of aryl methyl sites for hydroxylation is 2. The predicted octanol–water partition coefficient (Wildman–Crippen LogP) is 4.04. The summed E-state index contributed by atoms with van der Waals surface area (Å²) < 4.78 is 17.3. The Morgan fingerprint density at radius 2 is 2.03 bits per heavy atom. The summed E-state index contributed by atoms with van der Waals surface area (Å²) in [6.07, 6.45) is -0.0233. The van der Waals surface area contributed by atoms with Gasteiger partial charge in [-0.2, -0.15) is 0 Å². The van der Waals surface area contributed by atoms with Gasteiger partial charge in [0, 0.05) is 29.7 Å². The monoisotopic (exact) mass is 423 g/mol. The molecule has 0 N–H and O–H groups in total. The number of aromatic nitrogens is 4. The molecule has 0 spiro atoms. The van der Waals surface area contributed by atoms with Gasteiger partial charge in [0.25, 0.3) is 5.89 Å². The van der Waals surface area contributed by atoms with Crippen LogP contribution in [0.4, 0.5) is 0 Å². The van der Waals surface area contributed by atoms with Gasteiger partial charge in [0.1, 0.15) is 28.1 Å². The van der Waals surface area contributed by atoms with Crippen molar-refractivity contribution in [2.45, 2.75) is 26.5 Å². The van der Waals surface area contributed by atoms with E-state index in [4.69, 9.17) is 13.7 Å². The Balaban J connectivity index is 1.34. The molecule has 0 saturated carbocycles. The molecule has 30 heavy (non-hydrogen) atoms. The molecule has 0 bridgehead atoms. The van der Waals surface area contributed by atoms with Gasteiger partial charge in [-0.25, -0.2) is 4.98 Å². The van der Waals surface area contributed by atoms with E-state index in [9.17, 15) is 0 Å². The molecule has 1 atom stereocenters. The van der Waals surface area contributed by atoms with Crippen molar-refractivity contribution in [2.24, 2.45) is 0 Å². The van der Waals surface area contributed by atoms with Crippen molar-refractivity contribution in [2.75, 3.05) is 19.7 Å². The van der Waals surface area contributed by atoms with Crippen LogP contribution in [0, 0.1) is 13.8 Å². The molecule has 154 valence electrons. The molecule has 0 aliphatic carbocycles. The average Bonchev–Trinajstić information content (AvgIpc) is 3.49. The Hall–Kier alpha value is -2.88. The van der Waals surface area contributed by atoms with E-state index in [0.717, 1.165) is 34.9 Å². The molecule has 1 unspecified atom stereocenters. The molecule has 3 aromatic heterocycles. The van der Waals surface area contributed by atoms with Gasteiger partial charge in [-0.3, -0.25) is 4.90 Å². The summed E-state index contributed by atoms with van der Waals surface area (Å²) in [6, 6.07) is 9.84. The van der Waals surface area contributed by atoms with E-state index in [0.29, 0.717) is 36.4 Å². The molecule has 0 radical (unpaired) electrons. The van der Waals surface area contributed by atoms with E-state index in [1.54, 1.807) is 11.3 Å². The quantitative estimate of drug-likeness (QED) is 0.475. The summed E-state index contributed by atoms with van der Waals surface area (Å²) in [5, 5.41) is 15.8. The van der Waals surface area contributed by atoms with Gasteiger partial charge >= 0.3 is 0 Å². The summed E-state index contributed by atoms with van der Waals surface area (Å²) in [4.78, 5) is 6.81. The van der Waals surface area contributed by atoms with Gasteiger partial charge in [0.05, 0.1) is 13.2 Å². The van der Waals surface area contributed by atoms with Crippen LogP contribution in [0.1, 0.15) is 28.5 Å². The van der Waals surface area contributed by atoms with Crippen molar-refractivity contribution in [1.29, 1.82) is 0 Å². The maximum atomic E-state index is 6.00. The molecule has 4 heterocycles. The van der Waals surface area contributed by atoms with E-state index in [2.05, 4.69) is 25.2 Å². The van der Waals surface area contributed by atoms with E-state index >= 15 is 0 Å². The average molecular weight is 423 g/mol. The largest absolute Gasteiger partial charge is 0.419 e. The lowest BCUT2D eigenvalue weighted by Gasteiger charge is -2.30. The lowest BCUT2D eigenvalue weighted by Crippen LogP contribution is -2.37. The standard InChI is InChI=1S/C21H21N5O3S/c1-13-12-30-21(22-13)16-10-26(8-9-27-16)11-17-23-24-20(28-17)18-14(2)29-25-19(18)15-6-4-3-5-7-15/h3-7,12,16H,8-11H2,1-2H3. The molecular weight excluding hydrogens is 402 g/mol. The summed E-state index contributed by atoms with van der Waals surface area (Å²) in [5.74, 6) is 1.62. The molecule has 1 aromatic carbocycles. The molecular formula is C21H21N5O3S. The summed E-state index contributed by atoms with van der Waals surface area (Å²) in [5.41, 5.74) is 3.40. The zero-order chi connectivity index (χ0) is 20.5. The first kappa shape index (κ1) is 19.1. The first-order chi connectivity index (χ1) is 14.7. The van der Waals surface area contributed by atoms with Crippen molar-refractivity contribution in [1.82, 2.24) is 25.2 Å². The normalized spacial score (nSPS) is 17.5. The Morgan fingerprint density at radius 3 is 2.83 bits per heavy atom. The van der Waals surface area contributed by atoms with Gasteiger partial charge < -0.3 is 13.7 Å². The number of thiazole rings is 1. The Kier molecular flexibility index (Phi) is 5.16. The minimum atomic E-state index is -0.0233. The molecule has 0 amide bonds. The third-order valence-corrected chi connectivity index (χ3v) is 6.07. The highest BCUT2D eigenvalue weighted by Gasteiger charge is 2.27. The number of morpholine rings is 1. The minimum Gasteiger partial charge on any atom is -0.419 e. The molecule has 1 saturated heterocycles. The molecule has 4 aromatic rings. The van der Waals surface area contributed by atoms with Crippen molar-refractivity contribution >= 4 is 11.3 Å². The zero-order valence-electron chi connectivity index (χ0n) is 16.7. The van der Waals surface area contributed by atoms with Crippen LogP contribution >= 0.6 is 11.3 Å². The fraction of sp³-hybridized carbons (Fsp3) is 0.333. The number of ether oxygens (including phenoxy) is 1. The van der Waals surface area contributed by atoms with Crippen LogP contribution in [-0.2, 0) is 11.3 Å². The van der Waals surface area contributed by atoms with Crippen LogP contribution in [0.15, 0.2) is 44.7 Å². The van der Waals surface area contributed by atoms with E-state index < -0.39 is 0 Å². The maximum Gasteiger partial charge on any atom is 0.253 e. The fourth-order valence-electron chi connectivity index (χ4n) is 3.54. The SMILES string of the molecule is Cc1csc(C2CN(Cc3nnc(-c4c(-c5ccccc5)noc4C)o3)CCO2)n1. The van der Waals surface area contributed by atoms with Gasteiger partial charge in [-0.1, -0.05) is 35.5 Å². The highest BCUT2D eigenvalue weighted by molar-refractivity contribution is 7.09. The first-order valence-corrected chi connectivity index (χ1v) is 10.7. The Bertz CT molecular complexity index is 1140. The molecule has 1 aliphatic rings. The zero-order valence-corrected chi connectivity index (χ0v) is 17.6. The summed E-state index contributed by atoms with van der Waals surface area (Å²) in [6.45, 7) is 6.60. The van der Waals surface area contributed by atoms with Crippen LogP contribution in [0.2, 0.25) is 0 Å². The van der Waals surface area contributed by atoms with E-state index in [1.165, 1.54) is 0 Å². The summed E-state index contributed by atoms with van der Waals surface area (Å²) in [7, 11) is 0. The third kappa shape index (κ3) is 3.79. The topological polar surface area (TPSA) is 90.3 Å². The van der Waals surface area contributed by atoms with Crippen LogP contribution in [-0.4, -0.2) is 44.9 Å². The number of benzene rings is 1. The third-order valence-electron chi connectivity index (χ3n) is 5.01. The second kappa shape index (κ2) is 8.10. The molecule has 1 aliphatic heterocycles. The van der Waals surface area contributed by atoms with Crippen molar-refractivity contribution < 1.29 is 13.7 Å². The van der Waals surface area contributed by atoms with Crippen LogP contribution in [0.25, 0.3) is 22.7 Å². The number of hydrogen-bond donors (Lipinski definition) is 0. The highest BCUT2D eigenvalue weighted by atomic mass is 32.1. The van der Waals surface area contributed by atoms with E-state index in [-0.39, 0.29) is 6.10 Å². The number of hydrogen-bond acceptors (Lipinski definition) is 9. The van der Waals surface area contributed by atoms with Crippen molar-refractivity contribution in [3.8, 4) is 22.7 Å². The van der Waals surface area contributed by atoms with Crippen LogP contribution < -0.4 is 0 Å². The Morgan fingerprint density at radius 1 is 1.17 bits per heavy atom. The minimum absolute atomic E-state index is 0.0233. The predicted molar refractivity (Wildman–Crippen MR) is 111 cm³/mol. The highest BCUT2D eigenvalue weighted by Crippen LogP contribution is 2.33.